The van der Waals surface area contributed by atoms with Gasteiger partial charge in [0.1, 0.15) is 5.76 Å². The zero-order valence-corrected chi connectivity index (χ0v) is 16.1. The molecule has 4 rings (SSSR count). The van der Waals surface area contributed by atoms with Crippen LogP contribution < -0.4 is 5.32 Å². The number of nitrogens with one attached hydrogen (secondary N) is 1. The van der Waals surface area contributed by atoms with Crippen molar-refractivity contribution in [3.8, 4) is 0 Å². The van der Waals surface area contributed by atoms with Gasteiger partial charge in [0.05, 0.1) is 5.56 Å². The van der Waals surface area contributed by atoms with Crippen molar-refractivity contribution in [2.24, 2.45) is 0 Å². The number of rotatable bonds is 4. The van der Waals surface area contributed by atoms with Crippen molar-refractivity contribution in [1.29, 1.82) is 0 Å². The zero-order chi connectivity index (χ0) is 19.0. The van der Waals surface area contributed by atoms with Crippen molar-refractivity contribution < 1.29 is 14.0 Å². The van der Waals surface area contributed by atoms with E-state index in [1.807, 2.05) is 0 Å². The average Bonchev–Trinajstić information content (AvgIpc) is 3.22. The number of anilines is 1. The van der Waals surface area contributed by atoms with Crippen molar-refractivity contribution in [2.45, 2.75) is 39.5 Å². The molecule has 0 unspecified atom stereocenters. The van der Waals surface area contributed by atoms with E-state index >= 15 is 0 Å². The maximum Gasteiger partial charge on any atom is 0.293 e. The van der Waals surface area contributed by atoms with Crippen LogP contribution in [0.2, 0.25) is 0 Å². The summed E-state index contributed by atoms with van der Waals surface area (Å²) in [6.07, 6.45) is 4.55. The summed E-state index contributed by atoms with van der Waals surface area (Å²) >= 11 is 1.44. The smallest absolute Gasteiger partial charge is 0.293 e. The molecule has 0 spiro atoms. The van der Waals surface area contributed by atoms with Crippen LogP contribution >= 0.6 is 11.3 Å². The molecule has 1 N–H and O–H groups in total. The van der Waals surface area contributed by atoms with Gasteiger partial charge >= 0.3 is 0 Å². The van der Waals surface area contributed by atoms with E-state index in [2.05, 4.69) is 41.5 Å². The maximum absolute atomic E-state index is 12.6. The van der Waals surface area contributed by atoms with Crippen LogP contribution in [-0.4, -0.2) is 16.7 Å². The van der Waals surface area contributed by atoms with Crippen molar-refractivity contribution in [3.05, 3.63) is 69.1 Å². The van der Waals surface area contributed by atoms with E-state index in [0.29, 0.717) is 34.9 Å². The van der Waals surface area contributed by atoms with E-state index in [-0.39, 0.29) is 17.5 Å². The summed E-state index contributed by atoms with van der Waals surface area (Å²) in [5, 5.41) is 3.33. The lowest BCUT2D eigenvalue weighted by Gasteiger charge is -2.07. The number of aryl methyl sites for hydroxylation is 2. The first-order valence-corrected chi connectivity index (χ1v) is 9.80. The molecule has 0 fully saturated rings. The van der Waals surface area contributed by atoms with E-state index in [1.165, 1.54) is 22.5 Å². The van der Waals surface area contributed by atoms with Crippen LogP contribution in [0.15, 0.2) is 34.9 Å². The summed E-state index contributed by atoms with van der Waals surface area (Å²) < 4.78 is 5.70. The highest BCUT2D eigenvalue weighted by atomic mass is 32.1. The number of carbonyl (C=O) groups excluding carboxylic acids is 2. The van der Waals surface area contributed by atoms with Crippen molar-refractivity contribution in [1.82, 2.24) is 4.98 Å². The number of aromatic nitrogens is 1. The lowest BCUT2D eigenvalue weighted by Crippen LogP contribution is -2.13. The molecule has 2 heterocycles. The van der Waals surface area contributed by atoms with Crippen LogP contribution in [0.4, 0.5) is 5.13 Å². The highest BCUT2D eigenvalue weighted by Gasteiger charge is 2.29. The fourth-order valence-corrected chi connectivity index (χ4v) is 4.22. The van der Waals surface area contributed by atoms with Gasteiger partial charge in [-0.3, -0.25) is 14.9 Å². The molecule has 1 aliphatic rings. The summed E-state index contributed by atoms with van der Waals surface area (Å²) in [4.78, 5) is 30.1. The second-order valence-corrected chi connectivity index (χ2v) is 7.99. The molecule has 0 bridgehead atoms. The molecule has 0 aliphatic heterocycles. The van der Waals surface area contributed by atoms with Crippen LogP contribution in [0.5, 0.6) is 0 Å². The van der Waals surface area contributed by atoms with Crippen molar-refractivity contribution in [3.63, 3.8) is 0 Å². The van der Waals surface area contributed by atoms with Gasteiger partial charge in [0.2, 0.25) is 0 Å². The molecule has 1 aliphatic carbocycles. The Labute approximate surface area is 161 Å². The first kappa shape index (κ1) is 17.7. The summed E-state index contributed by atoms with van der Waals surface area (Å²) in [5.74, 6) is 0.552. The first-order chi connectivity index (χ1) is 13.0. The second-order valence-electron chi connectivity index (χ2n) is 6.88. The van der Waals surface area contributed by atoms with Crippen LogP contribution in [0.3, 0.4) is 0 Å². The molecule has 27 heavy (non-hydrogen) atoms. The SMILES string of the molecule is Cc1ccc(Cc2cnc(NC(=O)c3oc4c(c3C)C(=O)CCC4)s2)cc1. The number of nitrogens with zero attached hydrogens (tertiary/aromatic N) is 1. The highest BCUT2D eigenvalue weighted by Crippen LogP contribution is 2.30. The minimum atomic E-state index is -0.356. The van der Waals surface area contributed by atoms with Gasteiger partial charge in [-0.2, -0.15) is 0 Å². The van der Waals surface area contributed by atoms with Gasteiger partial charge in [0, 0.05) is 35.9 Å². The summed E-state index contributed by atoms with van der Waals surface area (Å²) in [6.45, 7) is 3.83. The maximum atomic E-state index is 12.6. The second kappa shape index (κ2) is 7.12. The van der Waals surface area contributed by atoms with Gasteiger partial charge in [-0.25, -0.2) is 4.98 Å². The lowest BCUT2D eigenvalue weighted by molar-refractivity contribution is 0.0963. The monoisotopic (exact) mass is 380 g/mol. The highest BCUT2D eigenvalue weighted by molar-refractivity contribution is 7.15. The lowest BCUT2D eigenvalue weighted by atomic mass is 9.94. The summed E-state index contributed by atoms with van der Waals surface area (Å²) in [5.41, 5.74) is 3.65. The quantitative estimate of drug-likeness (QED) is 0.711. The average molecular weight is 380 g/mol. The van der Waals surface area contributed by atoms with E-state index in [4.69, 9.17) is 4.42 Å². The molecule has 0 saturated heterocycles. The Morgan fingerprint density at radius 3 is 2.74 bits per heavy atom. The Morgan fingerprint density at radius 1 is 1.22 bits per heavy atom. The normalized spacial score (nSPS) is 13.5. The Hall–Kier alpha value is -2.73. The number of benzene rings is 1. The van der Waals surface area contributed by atoms with Gasteiger partial charge < -0.3 is 4.42 Å². The predicted octanol–water partition coefficient (Wildman–Crippen LogP) is 4.72. The molecule has 138 valence electrons. The number of furan rings is 1. The van der Waals surface area contributed by atoms with Gasteiger partial charge in [-0.05, 0) is 25.8 Å². The molecule has 1 aromatic carbocycles. The Balaban J connectivity index is 1.48. The molecule has 2 aromatic heterocycles. The first-order valence-electron chi connectivity index (χ1n) is 8.98. The summed E-state index contributed by atoms with van der Waals surface area (Å²) in [7, 11) is 0. The number of hydrogen-bond acceptors (Lipinski definition) is 5. The number of fused-ring (bicyclic) bond motifs is 1. The van der Waals surface area contributed by atoms with E-state index < -0.39 is 0 Å². The van der Waals surface area contributed by atoms with Crippen LogP contribution in [0.25, 0.3) is 0 Å². The Morgan fingerprint density at radius 2 is 2.00 bits per heavy atom. The number of carbonyl (C=O) groups is 2. The number of Topliss-reactive ketones (excluding diaryl/α,β-unsaturated/α-hetero) is 1. The van der Waals surface area contributed by atoms with Crippen molar-refractivity contribution >= 4 is 28.2 Å². The molecule has 6 heteroatoms. The fourth-order valence-electron chi connectivity index (χ4n) is 3.37. The minimum absolute atomic E-state index is 0.0613. The molecular weight excluding hydrogens is 360 g/mol. The number of hydrogen-bond donors (Lipinski definition) is 1. The number of amides is 1. The van der Waals surface area contributed by atoms with Crippen LogP contribution in [0.1, 0.15) is 61.1 Å². The van der Waals surface area contributed by atoms with Gasteiger partial charge in [-0.15, -0.1) is 11.3 Å². The molecule has 1 amide bonds. The number of ketones is 1. The molecular formula is C21H20N2O3S. The van der Waals surface area contributed by atoms with E-state index in [1.54, 1.807) is 13.1 Å². The van der Waals surface area contributed by atoms with Crippen molar-refractivity contribution in [2.75, 3.05) is 5.32 Å². The van der Waals surface area contributed by atoms with Crippen LogP contribution in [0, 0.1) is 13.8 Å². The number of thiazole rings is 1. The zero-order valence-electron chi connectivity index (χ0n) is 15.3. The molecule has 3 aromatic rings. The predicted molar refractivity (Wildman–Crippen MR) is 105 cm³/mol. The van der Waals surface area contributed by atoms with Crippen LogP contribution in [-0.2, 0) is 12.8 Å². The largest absolute Gasteiger partial charge is 0.455 e. The third kappa shape index (κ3) is 3.57. The minimum Gasteiger partial charge on any atom is -0.455 e. The molecule has 0 atom stereocenters. The molecule has 0 radical (unpaired) electrons. The van der Waals surface area contributed by atoms with Gasteiger partial charge in [0.15, 0.2) is 16.7 Å². The standard InChI is InChI=1S/C21H20N2O3S/c1-12-6-8-14(9-7-12)10-15-11-22-21(27-15)23-20(25)19-13(2)18-16(24)4-3-5-17(18)26-19/h6-9,11H,3-5,10H2,1-2H3,(H,22,23,25). The van der Waals surface area contributed by atoms with E-state index in [0.717, 1.165) is 17.7 Å². The summed E-state index contributed by atoms with van der Waals surface area (Å²) in [6, 6.07) is 8.37. The van der Waals surface area contributed by atoms with Gasteiger partial charge in [-0.1, -0.05) is 29.8 Å². The Kier molecular flexibility index (Phi) is 4.66. The van der Waals surface area contributed by atoms with E-state index in [9.17, 15) is 9.59 Å². The molecule has 5 nitrogen and oxygen atoms in total. The van der Waals surface area contributed by atoms with Gasteiger partial charge in [0.25, 0.3) is 5.91 Å². The third-order valence-corrected chi connectivity index (χ3v) is 5.70. The third-order valence-electron chi connectivity index (χ3n) is 4.79. The topological polar surface area (TPSA) is 72.2 Å². The molecule has 0 saturated carbocycles. The Bertz CT molecular complexity index is 1010. The fraction of sp³-hybridized carbons (Fsp3) is 0.286.